The summed E-state index contributed by atoms with van der Waals surface area (Å²) in [6.07, 6.45) is 1.58. The molecule has 0 aliphatic carbocycles. The molecular weight excluding hydrogens is 268 g/mol. The molecule has 0 saturated heterocycles. The summed E-state index contributed by atoms with van der Waals surface area (Å²) in [7, 11) is 0. The smallest absolute Gasteiger partial charge is 0.248 e. The van der Waals surface area contributed by atoms with Crippen molar-refractivity contribution in [3.63, 3.8) is 0 Å². The lowest BCUT2D eigenvalue weighted by molar-refractivity contribution is 0.364. The third-order valence-electron chi connectivity index (χ3n) is 2.44. The fourth-order valence-corrected chi connectivity index (χ4v) is 1.82. The maximum atomic E-state index is 6.07. The van der Waals surface area contributed by atoms with E-state index in [2.05, 4.69) is 20.5 Å². The van der Waals surface area contributed by atoms with Gasteiger partial charge in [-0.3, -0.25) is 0 Å². The van der Waals surface area contributed by atoms with Crippen LogP contribution in [0.5, 0.6) is 0 Å². The van der Waals surface area contributed by atoms with E-state index in [4.69, 9.17) is 21.9 Å². The first-order valence-electron chi connectivity index (χ1n) is 5.45. The summed E-state index contributed by atoms with van der Waals surface area (Å²) in [4.78, 5) is 4.25. The minimum Gasteiger partial charge on any atom is -0.381 e. The average molecular weight is 277 g/mol. The van der Waals surface area contributed by atoms with Gasteiger partial charge in [0, 0.05) is 5.56 Å². The van der Waals surface area contributed by atoms with E-state index in [1.807, 2.05) is 18.2 Å². The van der Waals surface area contributed by atoms with Gasteiger partial charge in [-0.25, -0.2) is 4.68 Å². The van der Waals surface area contributed by atoms with E-state index in [1.165, 1.54) is 4.68 Å². The van der Waals surface area contributed by atoms with Crippen molar-refractivity contribution < 1.29 is 4.52 Å². The van der Waals surface area contributed by atoms with Gasteiger partial charge in [0.15, 0.2) is 5.82 Å². The number of hydrogen-bond acceptors (Lipinski definition) is 6. The van der Waals surface area contributed by atoms with Crippen LogP contribution in [0.1, 0.15) is 5.89 Å². The molecule has 7 nitrogen and oxygen atoms in total. The van der Waals surface area contributed by atoms with Crippen LogP contribution in [-0.4, -0.2) is 25.1 Å². The van der Waals surface area contributed by atoms with Gasteiger partial charge in [0.25, 0.3) is 0 Å². The van der Waals surface area contributed by atoms with Gasteiger partial charge in [-0.15, -0.1) is 5.10 Å². The summed E-state index contributed by atoms with van der Waals surface area (Å²) in [5, 5.41) is 11.9. The Labute approximate surface area is 113 Å². The topological polar surface area (TPSA) is 95.7 Å². The first-order chi connectivity index (χ1) is 9.22. The van der Waals surface area contributed by atoms with Crippen LogP contribution in [0.3, 0.4) is 0 Å². The summed E-state index contributed by atoms with van der Waals surface area (Å²) >= 11 is 6.07. The molecule has 1 aromatic carbocycles. The lowest BCUT2D eigenvalue weighted by atomic mass is 10.2. The number of nitrogens with two attached hydrogens (primary N) is 1. The molecule has 0 bridgehead atoms. The number of hydrogen-bond donors (Lipinski definition) is 1. The van der Waals surface area contributed by atoms with E-state index in [9.17, 15) is 0 Å². The van der Waals surface area contributed by atoms with E-state index in [0.717, 1.165) is 5.56 Å². The molecule has 0 aliphatic rings. The van der Waals surface area contributed by atoms with Gasteiger partial charge >= 0.3 is 0 Å². The van der Waals surface area contributed by atoms with Gasteiger partial charge in [0.2, 0.25) is 11.7 Å². The van der Waals surface area contributed by atoms with Gasteiger partial charge in [-0.05, 0) is 12.1 Å². The average Bonchev–Trinajstić information content (AvgIpc) is 3.00. The van der Waals surface area contributed by atoms with Crippen LogP contribution < -0.4 is 5.73 Å². The van der Waals surface area contributed by atoms with Crippen molar-refractivity contribution >= 4 is 17.4 Å². The fourth-order valence-electron chi connectivity index (χ4n) is 1.60. The number of anilines is 1. The summed E-state index contributed by atoms with van der Waals surface area (Å²) in [5.74, 6) is 1.18. The Morgan fingerprint density at radius 3 is 2.89 bits per heavy atom. The molecule has 0 aliphatic heterocycles. The minimum atomic E-state index is 0.307. The number of aromatic nitrogens is 5. The molecule has 2 aromatic heterocycles. The SMILES string of the molecule is Nc1cn(Cc2nc(-c3ccccc3Cl)no2)nn1. The quantitative estimate of drug-likeness (QED) is 0.781. The highest BCUT2D eigenvalue weighted by Crippen LogP contribution is 2.24. The molecule has 3 aromatic rings. The number of halogens is 1. The Balaban J connectivity index is 1.86. The van der Waals surface area contributed by atoms with Crippen LogP contribution in [0.15, 0.2) is 35.0 Å². The predicted octanol–water partition coefficient (Wildman–Crippen LogP) is 1.61. The van der Waals surface area contributed by atoms with Crippen LogP contribution in [0.2, 0.25) is 5.02 Å². The second kappa shape index (κ2) is 4.69. The lowest BCUT2D eigenvalue weighted by Crippen LogP contribution is -2.00. The Morgan fingerprint density at radius 2 is 2.16 bits per heavy atom. The van der Waals surface area contributed by atoms with Gasteiger partial charge in [0.1, 0.15) is 6.54 Å². The second-order valence-corrected chi connectivity index (χ2v) is 4.24. The highest BCUT2D eigenvalue weighted by atomic mass is 35.5. The summed E-state index contributed by atoms with van der Waals surface area (Å²) in [5.41, 5.74) is 6.19. The molecule has 96 valence electrons. The zero-order chi connectivity index (χ0) is 13.2. The molecule has 2 N–H and O–H groups in total. The molecule has 0 atom stereocenters. The van der Waals surface area contributed by atoms with E-state index >= 15 is 0 Å². The molecule has 0 fully saturated rings. The van der Waals surface area contributed by atoms with Crippen LogP contribution in [-0.2, 0) is 6.54 Å². The maximum absolute atomic E-state index is 6.07. The predicted molar refractivity (Wildman–Crippen MR) is 68.3 cm³/mol. The first kappa shape index (κ1) is 11.7. The van der Waals surface area contributed by atoms with Crippen molar-refractivity contribution in [1.82, 2.24) is 25.1 Å². The van der Waals surface area contributed by atoms with Crippen molar-refractivity contribution in [2.24, 2.45) is 0 Å². The number of nitrogen functional groups attached to an aromatic ring is 1. The molecule has 0 amide bonds. The largest absolute Gasteiger partial charge is 0.381 e. The van der Waals surface area contributed by atoms with E-state index in [-0.39, 0.29) is 0 Å². The van der Waals surface area contributed by atoms with Crippen molar-refractivity contribution in [1.29, 1.82) is 0 Å². The van der Waals surface area contributed by atoms with Gasteiger partial charge < -0.3 is 10.3 Å². The third kappa shape index (κ3) is 2.41. The number of benzene rings is 1. The summed E-state index contributed by atoms with van der Waals surface area (Å²) < 4.78 is 6.65. The molecule has 19 heavy (non-hydrogen) atoms. The Morgan fingerprint density at radius 1 is 1.32 bits per heavy atom. The van der Waals surface area contributed by atoms with Crippen molar-refractivity contribution in [2.45, 2.75) is 6.54 Å². The standard InChI is InChI=1S/C11H9ClN6O/c12-8-4-2-1-3-7(8)11-14-10(19-16-11)6-18-5-9(13)15-17-18/h1-5H,6,13H2. The molecule has 8 heteroatoms. The minimum absolute atomic E-state index is 0.307. The van der Waals surface area contributed by atoms with Gasteiger partial charge in [-0.1, -0.05) is 34.1 Å². The van der Waals surface area contributed by atoms with Gasteiger partial charge in [0.05, 0.1) is 11.2 Å². The normalized spacial score (nSPS) is 10.8. The third-order valence-corrected chi connectivity index (χ3v) is 2.77. The zero-order valence-electron chi connectivity index (χ0n) is 9.69. The molecule has 0 saturated carbocycles. The van der Waals surface area contributed by atoms with Crippen LogP contribution in [0.25, 0.3) is 11.4 Å². The summed E-state index contributed by atoms with van der Waals surface area (Å²) in [6.45, 7) is 0.307. The van der Waals surface area contributed by atoms with Crippen LogP contribution >= 0.6 is 11.6 Å². The van der Waals surface area contributed by atoms with Crippen molar-refractivity contribution in [3.05, 3.63) is 41.4 Å². The highest BCUT2D eigenvalue weighted by molar-refractivity contribution is 6.33. The van der Waals surface area contributed by atoms with Crippen LogP contribution in [0, 0.1) is 0 Å². The maximum Gasteiger partial charge on any atom is 0.248 e. The lowest BCUT2D eigenvalue weighted by Gasteiger charge is -1.96. The monoisotopic (exact) mass is 276 g/mol. The Kier molecular flexibility index (Phi) is 2.88. The number of nitrogens with zero attached hydrogens (tertiary/aromatic N) is 5. The van der Waals surface area contributed by atoms with E-state index in [0.29, 0.717) is 29.1 Å². The molecular formula is C11H9ClN6O. The Hall–Kier alpha value is -2.41. The molecule has 0 radical (unpaired) electrons. The first-order valence-corrected chi connectivity index (χ1v) is 5.83. The highest BCUT2D eigenvalue weighted by Gasteiger charge is 2.12. The van der Waals surface area contributed by atoms with Crippen molar-refractivity contribution in [2.75, 3.05) is 5.73 Å². The number of rotatable bonds is 3. The van der Waals surface area contributed by atoms with Crippen LogP contribution in [0.4, 0.5) is 5.82 Å². The summed E-state index contributed by atoms with van der Waals surface area (Å²) in [6, 6.07) is 7.29. The Bertz CT molecular complexity index is 707. The molecule has 0 spiro atoms. The molecule has 0 unspecified atom stereocenters. The van der Waals surface area contributed by atoms with E-state index in [1.54, 1.807) is 12.3 Å². The zero-order valence-corrected chi connectivity index (χ0v) is 10.4. The van der Waals surface area contributed by atoms with E-state index < -0.39 is 0 Å². The second-order valence-electron chi connectivity index (χ2n) is 3.83. The fraction of sp³-hybridized carbons (Fsp3) is 0.0909. The molecule has 3 rings (SSSR count). The van der Waals surface area contributed by atoms with Gasteiger partial charge in [-0.2, -0.15) is 4.98 Å². The van der Waals surface area contributed by atoms with Crippen molar-refractivity contribution in [3.8, 4) is 11.4 Å². The molecule has 2 heterocycles.